The molecule has 2 rings (SSSR count). The normalized spacial score (nSPS) is 10.8. The second-order valence-electron chi connectivity index (χ2n) is 4.50. The topological polar surface area (TPSA) is 127 Å². The molecule has 0 spiro atoms. The number of rotatable bonds is 5. The maximum atomic E-state index is 11.6. The van der Waals surface area contributed by atoms with Gasteiger partial charge in [-0.15, -0.1) is 0 Å². The second kappa shape index (κ2) is 7.13. The third-order valence-corrected chi connectivity index (χ3v) is 3.62. The summed E-state index contributed by atoms with van der Waals surface area (Å²) >= 11 is 3.33. The minimum atomic E-state index is -1.07. The molecular weight excluding hydrogens is 386 g/mol. The Kier molecular flexibility index (Phi) is 5.19. The van der Waals surface area contributed by atoms with Crippen LogP contribution in [0.1, 0.15) is 11.3 Å². The van der Waals surface area contributed by atoms with Gasteiger partial charge in [0.2, 0.25) is 0 Å². The van der Waals surface area contributed by atoms with Crippen LogP contribution in [0.25, 0.3) is 12.2 Å². The van der Waals surface area contributed by atoms with Crippen molar-refractivity contribution in [1.29, 1.82) is 0 Å². The molecule has 0 saturated heterocycles. The van der Waals surface area contributed by atoms with Gasteiger partial charge < -0.3 is 14.5 Å². The van der Waals surface area contributed by atoms with E-state index in [0.717, 1.165) is 0 Å². The number of nitrogens with zero attached hydrogens (tertiary/aromatic N) is 1. The van der Waals surface area contributed by atoms with Crippen LogP contribution in [0, 0.1) is 10.1 Å². The molecule has 24 heavy (non-hydrogen) atoms. The molecule has 0 aliphatic heterocycles. The first-order valence-corrected chi connectivity index (χ1v) is 7.27. The number of methoxy groups -OCH3 is 2. The number of aromatic nitrogens is 2. The van der Waals surface area contributed by atoms with Gasteiger partial charge in [-0.05, 0) is 39.7 Å². The number of halogens is 1. The summed E-state index contributed by atoms with van der Waals surface area (Å²) in [5, 5.41) is 11.0. The van der Waals surface area contributed by atoms with Crippen LogP contribution in [-0.2, 0) is 0 Å². The highest BCUT2D eigenvalue weighted by molar-refractivity contribution is 9.10. The number of hydrogen-bond acceptors (Lipinski definition) is 6. The zero-order chi connectivity index (χ0) is 17.9. The van der Waals surface area contributed by atoms with Crippen molar-refractivity contribution in [3.8, 4) is 11.5 Å². The number of benzene rings is 1. The molecule has 0 aliphatic rings. The second-order valence-corrected chi connectivity index (χ2v) is 5.35. The van der Waals surface area contributed by atoms with Gasteiger partial charge in [0.15, 0.2) is 11.5 Å². The van der Waals surface area contributed by atoms with Crippen molar-refractivity contribution in [1.82, 2.24) is 9.97 Å². The molecule has 0 amide bonds. The van der Waals surface area contributed by atoms with E-state index in [1.54, 1.807) is 12.1 Å². The fourth-order valence-corrected chi connectivity index (χ4v) is 2.63. The van der Waals surface area contributed by atoms with Crippen molar-refractivity contribution >= 4 is 33.8 Å². The smallest absolute Gasteiger partial charge is 0.357 e. The molecule has 9 nitrogen and oxygen atoms in total. The van der Waals surface area contributed by atoms with Crippen molar-refractivity contribution in [3.63, 3.8) is 0 Å². The number of aromatic amines is 2. The summed E-state index contributed by atoms with van der Waals surface area (Å²) in [7, 11) is 2.96. The Balaban J connectivity index is 2.53. The third kappa shape index (κ3) is 3.54. The van der Waals surface area contributed by atoms with E-state index in [1.165, 1.54) is 26.4 Å². The van der Waals surface area contributed by atoms with E-state index in [-0.39, 0.29) is 5.69 Å². The summed E-state index contributed by atoms with van der Waals surface area (Å²) < 4.78 is 11.0. The van der Waals surface area contributed by atoms with Gasteiger partial charge in [0.1, 0.15) is 5.69 Å². The van der Waals surface area contributed by atoms with E-state index in [1.807, 2.05) is 4.98 Å². The van der Waals surface area contributed by atoms with E-state index in [2.05, 4.69) is 20.9 Å². The van der Waals surface area contributed by atoms with Crippen molar-refractivity contribution in [2.24, 2.45) is 0 Å². The highest BCUT2D eigenvalue weighted by atomic mass is 79.9. The molecule has 0 saturated carbocycles. The van der Waals surface area contributed by atoms with Crippen molar-refractivity contribution in [3.05, 3.63) is 58.8 Å². The Morgan fingerprint density at radius 1 is 1.17 bits per heavy atom. The fourth-order valence-electron chi connectivity index (χ4n) is 2.01. The van der Waals surface area contributed by atoms with Gasteiger partial charge in [0.25, 0.3) is 0 Å². The zero-order valence-electron chi connectivity index (χ0n) is 12.6. The lowest BCUT2D eigenvalue weighted by Gasteiger charge is -2.10. The monoisotopic (exact) mass is 397 g/mol. The first-order valence-electron chi connectivity index (χ1n) is 6.48. The van der Waals surface area contributed by atoms with Gasteiger partial charge in [0, 0.05) is 0 Å². The lowest BCUT2D eigenvalue weighted by atomic mass is 10.1. The molecule has 2 aromatic rings. The van der Waals surface area contributed by atoms with E-state index in [4.69, 9.17) is 9.47 Å². The Morgan fingerprint density at radius 2 is 1.88 bits per heavy atom. The van der Waals surface area contributed by atoms with E-state index >= 15 is 0 Å². The summed E-state index contributed by atoms with van der Waals surface area (Å²) in [4.78, 5) is 37.0. The molecule has 10 heteroatoms. The van der Waals surface area contributed by atoms with Crippen LogP contribution < -0.4 is 20.7 Å². The molecule has 2 N–H and O–H groups in total. The molecular formula is C14H12BrN3O6. The van der Waals surface area contributed by atoms with E-state index < -0.39 is 21.9 Å². The van der Waals surface area contributed by atoms with Gasteiger partial charge in [-0.1, -0.05) is 6.08 Å². The van der Waals surface area contributed by atoms with Crippen molar-refractivity contribution < 1.29 is 14.4 Å². The molecule has 0 fully saturated rings. The number of nitro groups is 1. The summed E-state index contributed by atoms with van der Waals surface area (Å²) in [6, 6.07) is 3.33. The molecule has 0 bridgehead atoms. The van der Waals surface area contributed by atoms with Gasteiger partial charge in [-0.2, -0.15) is 0 Å². The maximum Gasteiger partial charge on any atom is 0.357 e. The van der Waals surface area contributed by atoms with Crippen LogP contribution >= 0.6 is 15.9 Å². The standard InChI is InChI=1S/C14H12BrN3O6/c1-23-10-6-7(5-8(15)12(10)24-2)3-4-9-11(18(21)22)13(19)17-14(20)16-9/h3-6H,1-2H3,(H2,16,17,19,20)/b4-3-. The number of hydrogen-bond donors (Lipinski definition) is 2. The van der Waals surface area contributed by atoms with Gasteiger partial charge in [-0.25, -0.2) is 4.79 Å². The molecule has 0 atom stereocenters. The minimum absolute atomic E-state index is 0.209. The first kappa shape index (κ1) is 17.5. The van der Waals surface area contributed by atoms with Crippen LogP contribution in [0.4, 0.5) is 5.69 Å². The van der Waals surface area contributed by atoms with E-state index in [0.29, 0.717) is 21.5 Å². The molecule has 126 valence electrons. The number of H-pyrrole nitrogens is 2. The molecule has 0 unspecified atom stereocenters. The molecule has 1 aromatic carbocycles. The third-order valence-electron chi connectivity index (χ3n) is 3.03. The molecule has 0 aliphatic carbocycles. The average Bonchev–Trinajstić information content (AvgIpc) is 2.51. The summed E-state index contributed by atoms with van der Waals surface area (Å²) in [5.74, 6) is 0.936. The van der Waals surface area contributed by atoms with Gasteiger partial charge >= 0.3 is 16.9 Å². The summed E-state index contributed by atoms with van der Waals surface area (Å²) in [6.45, 7) is 0. The van der Waals surface area contributed by atoms with Gasteiger partial charge in [0.05, 0.1) is 23.6 Å². The van der Waals surface area contributed by atoms with Crippen LogP contribution in [0.5, 0.6) is 11.5 Å². The largest absolute Gasteiger partial charge is 0.493 e. The van der Waals surface area contributed by atoms with Crippen LogP contribution in [-0.4, -0.2) is 29.1 Å². The highest BCUT2D eigenvalue weighted by Crippen LogP contribution is 2.36. The predicted molar refractivity (Wildman–Crippen MR) is 90.5 cm³/mol. The fraction of sp³-hybridized carbons (Fsp3) is 0.143. The lowest BCUT2D eigenvalue weighted by Crippen LogP contribution is -2.25. The maximum absolute atomic E-state index is 11.6. The lowest BCUT2D eigenvalue weighted by molar-refractivity contribution is -0.386. The molecule has 0 radical (unpaired) electrons. The van der Waals surface area contributed by atoms with Crippen LogP contribution in [0.2, 0.25) is 0 Å². The van der Waals surface area contributed by atoms with E-state index in [9.17, 15) is 19.7 Å². The van der Waals surface area contributed by atoms with Crippen molar-refractivity contribution in [2.45, 2.75) is 0 Å². The quantitative estimate of drug-likeness (QED) is 0.585. The average molecular weight is 398 g/mol. The number of nitrogens with one attached hydrogen (secondary N) is 2. The Morgan fingerprint density at radius 3 is 2.46 bits per heavy atom. The Labute approximate surface area is 143 Å². The molecule has 1 heterocycles. The molecule has 1 aromatic heterocycles. The Bertz CT molecular complexity index is 931. The van der Waals surface area contributed by atoms with Crippen LogP contribution in [0.3, 0.4) is 0 Å². The first-order chi connectivity index (χ1) is 11.4. The summed E-state index contributed by atoms with van der Waals surface area (Å²) in [5.41, 5.74) is -2.25. The zero-order valence-corrected chi connectivity index (χ0v) is 14.2. The Hall–Kier alpha value is -2.88. The van der Waals surface area contributed by atoms with Crippen molar-refractivity contribution in [2.75, 3.05) is 14.2 Å². The predicted octanol–water partition coefficient (Wildman–Crippen LogP) is 1.92. The summed E-state index contributed by atoms with van der Waals surface area (Å²) in [6.07, 6.45) is 2.76. The van der Waals surface area contributed by atoms with Crippen LogP contribution in [0.15, 0.2) is 26.2 Å². The highest BCUT2D eigenvalue weighted by Gasteiger charge is 2.19. The SMILES string of the molecule is COc1cc(/C=C\c2[nH]c(=O)[nH]c(=O)c2[N+](=O)[O-])cc(Br)c1OC. The van der Waals surface area contributed by atoms with Gasteiger partial charge in [-0.3, -0.25) is 19.9 Å². The number of ether oxygens (including phenoxy) is 2. The minimum Gasteiger partial charge on any atom is -0.493 e.